The van der Waals surface area contributed by atoms with Gasteiger partial charge in [0.25, 0.3) is 0 Å². The molecule has 2 heterocycles. The summed E-state index contributed by atoms with van der Waals surface area (Å²) in [4.78, 5) is 35.5. The molecule has 1 saturated carbocycles. The molecule has 0 bridgehead atoms. The van der Waals surface area contributed by atoms with Gasteiger partial charge in [0.05, 0.1) is 12.0 Å². The topological polar surface area (TPSA) is 75.4 Å². The molecule has 1 saturated heterocycles. The summed E-state index contributed by atoms with van der Waals surface area (Å²) < 4.78 is 2.24. The second-order valence-electron chi connectivity index (χ2n) is 21.2. The van der Waals surface area contributed by atoms with Gasteiger partial charge in [0.2, 0.25) is 0 Å². The summed E-state index contributed by atoms with van der Waals surface area (Å²) in [6.07, 6.45) is 42.1. The molecule has 1 unspecified atom stereocenters. The smallest absolute Gasteiger partial charge is 0.408 e. The standard InChI is InChI=1S/C65H87N3O3/c69-62-56(52-55-40-35-36-48-60(55)61-53-67(54-66-61)65(57-42-29-26-30-43-57,58-44-31-27-32-45-58)59-46-33-28-34-47-59)41-39-50-64(62)49-37-24-22-20-18-16-14-12-10-8-6-4-2-1-3-5-7-9-11-13-15-17-19-21-23-25-38-51-68(64)63(70)71/h26-36,40,42-48,52-54H,1-25,37-39,41,49-51H2,(H,70,71)/b56-52+. The summed E-state index contributed by atoms with van der Waals surface area (Å²) in [5.74, 6) is 0.00402. The first kappa shape index (κ1) is 53.6. The van der Waals surface area contributed by atoms with E-state index in [9.17, 15) is 9.90 Å². The maximum absolute atomic E-state index is 15.3. The quantitative estimate of drug-likeness (QED) is 0.136. The van der Waals surface area contributed by atoms with Crippen molar-refractivity contribution in [2.45, 2.75) is 210 Å². The van der Waals surface area contributed by atoms with Crippen LogP contribution < -0.4 is 0 Å². The monoisotopic (exact) mass is 958 g/mol. The Balaban J connectivity index is 1.10. The second kappa shape index (κ2) is 29.3. The molecule has 7 rings (SSSR count). The van der Waals surface area contributed by atoms with E-state index in [4.69, 9.17) is 4.98 Å². The number of carbonyl (C=O) groups excluding carboxylic acids is 1. The highest BCUT2D eigenvalue weighted by molar-refractivity contribution is 6.08. The lowest BCUT2D eigenvalue weighted by Crippen LogP contribution is -2.58. The molecule has 1 spiro atoms. The van der Waals surface area contributed by atoms with Crippen molar-refractivity contribution in [1.82, 2.24) is 14.5 Å². The van der Waals surface area contributed by atoms with Crippen LogP contribution in [0.2, 0.25) is 0 Å². The van der Waals surface area contributed by atoms with E-state index in [2.05, 4.69) is 120 Å². The Bertz CT molecular complexity index is 2220. The lowest BCUT2D eigenvalue weighted by Gasteiger charge is -2.44. The fourth-order valence-electron chi connectivity index (χ4n) is 12.1. The molecule has 2 aliphatic rings. The maximum atomic E-state index is 15.3. The van der Waals surface area contributed by atoms with Crippen LogP contribution in [-0.2, 0) is 10.3 Å². The molecule has 0 radical (unpaired) electrons. The summed E-state index contributed by atoms with van der Waals surface area (Å²) in [5, 5.41) is 11.0. The molecule has 1 aromatic heterocycles. The first-order valence-electron chi connectivity index (χ1n) is 28.6. The van der Waals surface area contributed by atoms with Gasteiger partial charge in [0.15, 0.2) is 5.78 Å². The van der Waals surface area contributed by atoms with Crippen molar-refractivity contribution in [1.29, 1.82) is 0 Å². The summed E-state index contributed by atoms with van der Waals surface area (Å²) in [5.41, 5.74) is 5.02. The van der Waals surface area contributed by atoms with E-state index in [-0.39, 0.29) is 5.78 Å². The van der Waals surface area contributed by atoms with Gasteiger partial charge in [-0.3, -0.25) is 9.69 Å². The lowest BCUT2D eigenvalue weighted by molar-refractivity contribution is -0.129. The van der Waals surface area contributed by atoms with Crippen LogP contribution >= 0.6 is 0 Å². The van der Waals surface area contributed by atoms with Crippen molar-refractivity contribution >= 4 is 18.0 Å². The van der Waals surface area contributed by atoms with Gasteiger partial charge in [-0.25, -0.2) is 9.78 Å². The fourth-order valence-corrected chi connectivity index (χ4v) is 12.1. The number of carboxylic acid groups (broad SMARTS) is 1. The van der Waals surface area contributed by atoms with Crippen LogP contribution in [0.15, 0.2) is 133 Å². The Labute approximate surface area is 428 Å². The molecule has 6 nitrogen and oxygen atoms in total. The van der Waals surface area contributed by atoms with E-state index in [1.807, 2.05) is 18.5 Å². The van der Waals surface area contributed by atoms with Crippen LogP contribution in [0.1, 0.15) is 221 Å². The van der Waals surface area contributed by atoms with Crippen LogP contribution in [0.25, 0.3) is 17.3 Å². The third kappa shape index (κ3) is 14.9. The molecule has 380 valence electrons. The van der Waals surface area contributed by atoms with Crippen LogP contribution in [0.3, 0.4) is 0 Å². The molecule has 5 aromatic rings. The van der Waals surface area contributed by atoms with Crippen LogP contribution in [0.4, 0.5) is 4.79 Å². The number of hydrogen-bond donors (Lipinski definition) is 1. The van der Waals surface area contributed by atoms with Crippen molar-refractivity contribution in [3.05, 3.63) is 156 Å². The minimum atomic E-state index is -1.05. The molecule has 6 heteroatoms. The van der Waals surface area contributed by atoms with Crippen molar-refractivity contribution < 1.29 is 14.7 Å². The van der Waals surface area contributed by atoms with Crippen LogP contribution in [0, 0.1) is 0 Å². The summed E-state index contributed by atoms with van der Waals surface area (Å²) in [6.45, 7) is 0.411. The van der Waals surface area contributed by atoms with Gasteiger partial charge >= 0.3 is 6.09 Å². The van der Waals surface area contributed by atoms with E-state index in [1.165, 1.54) is 135 Å². The minimum absolute atomic E-state index is 0.00402. The summed E-state index contributed by atoms with van der Waals surface area (Å²) in [6, 6.07) is 40.2. The van der Waals surface area contributed by atoms with Crippen molar-refractivity contribution in [2.24, 2.45) is 0 Å². The van der Waals surface area contributed by atoms with Gasteiger partial charge in [0, 0.05) is 18.3 Å². The molecule has 71 heavy (non-hydrogen) atoms. The number of imidazole rings is 1. The zero-order chi connectivity index (χ0) is 49.2. The van der Waals surface area contributed by atoms with Crippen LogP contribution in [0.5, 0.6) is 0 Å². The Morgan fingerprint density at radius 1 is 0.493 bits per heavy atom. The number of rotatable bonds is 6. The zero-order valence-corrected chi connectivity index (χ0v) is 43.4. The van der Waals surface area contributed by atoms with Crippen molar-refractivity contribution in [2.75, 3.05) is 6.54 Å². The number of Topliss-reactive ketones (excluding diaryl/α,β-unsaturated/α-hetero) is 1. The predicted molar refractivity (Wildman–Crippen MR) is 296 cm³/mol. The molecule has 4 aromatic carbocycles. The molecular formula is C65H87N3O3. The highest BCUT2D eigenvalue weighted by atomic mass is 16.4. The molecule has 1 amide bonds. The summed E-state index contributed by atoms with van der Waals surface area (Å²) in [7, 11) is 0. The van der Waals surface area contributed by atoms with Crippen molar-refractivity contribution in [3.8, 4) is 11.3 Å². The van der Waals surface area contributed by atoms with Crippen molar-refractivity contribution in [3.63, 3.8) is 0 Å². The fraction of sp³-hybridized carbons (Fsp3) is 0.523. The Kier molecular flexibility index (Phi) is 22.1. The minimum Gasteiger partial charge on any atom is -0.465 e. The Morgan fingerprint density at radius 2 is 0.873 bits per heavy atom. The van der Waals surface area contributed by atoms with Gasteiger partial charge in [-0.1, -0.05) is 282 Å². The van der Waals surface area contributed by atoms with E-state index in [0.717, 1.165) is 84.0 Å². The van der Waals surface area contributed by atoms with Gasteiger partial charge in [-0.2, -0.15) is 0 Å². The third-order valence-electron chi connectivity index (χ3n) is 16.1. The molecule has 1 aliphatic carbocycles. The number of amides is 1. The molecule has 1 aliphatic heterocycles. The largest absolute Gasteiger partial charge is 0.465 e. The second-order valence-corrected chi connectivity index (χ2v) is 21.2. The molecular weight excluding hydrogens is 871 g/mol. The molecule has 2 fully saturated rings. The lowest BCUT2D eigenvalue weighted by atomic mass is 9.72. The average Bonchev–Trinajstić information content (AvgIpc) is 3.89. The van der Waals surface area contributed by atoms with Crippen LogP contribution in [-0.4, -0.2) is 43.5 Å². The number of benzene rings is 4. The number of ketones is 1. The van der Waals surface area contributed by atoms with Gasteiger partial charge < -0.3 is 9.67 Å². The van der Waals surface area contributed by atoms with E-state index in [1.54, 1.807) is 4.90 Å². The van der Waals surface area contributed by atoms with Gasteiger partial charge in [0.1, 0.15) is 11.1 Å². The first-order chi connectivity index (χ1) is 35.0. The van der Waals surface area contributed by atoms with E-state index in [0.29, 0.717) is 25.8 Å². The Morgan fingerprint density at radius 3 is 1.31 bits per heavy atom. The predicted octanol–water partition coefficient (Wildman–Crippen LogP) is 18.2. The zero-order valence-electron chi connectivity index (χ0n) is 43.4. The normalized spacial score (nSPS) is 21.0. The SMILES string of the molecule is O=C(O)N1CCCCCCCCCCCCCCCCCCCCCCCCCCCCCC12CCC/C(=C\c1ccccc1-c1cn(C(c3ccccc3)(c3ccccc3)c3ccccc3)cn1)C2=O. The number of nitrogens with zero attached hydrogens (tertiary/aromatic N) is 3. The maximum Gasteiger partial charge on any atom is 0.408 e. The van der Waals surface area contributed by atoms with Gasteiger partial charge in [-0.15, -0.1) is 0 Å². The molecule has 1 N–H and O–H groups in total. The highest BCUT2D eigenvalue weighted by Gasteiger charge is 2.48. The van der Waals surface area contributed by atoms with E-state index >= 15 is 4.79 Å². The number of hydrogen-bond acceptors (Lipinski definition) is 3. The average molecular weight is 958 g/mol. The Hall–Kier alpha value is -5.23. The van der Waals surface area contributed by atoms with E-state index < -0.39 is 17.2 Å². The first-order valence-corrected chi connectivity index (χ1v) is 28.6. The highest BCUT2D eigenvalue weighted by Crippen LogP contribution is 2.43. The van der Waals surface area contributed by atoms with Gasteiger partial charge in [-0.05, 0) is 66.0 Å². The summed E-state index contributed by atoms with van der Waals surface area (Å²) >= 11 is 0. The molecule has 1 atom stereocenters. The number of aromatic nitrogens is 2. The third-order valence-corrected chi connectivity index (χ3v) is 16.1. The number of carbonyl (C=O) groups is 2.